The van der Waals surface area contributed by atoms with E-state index in [4.69, 9.17) is 21.7 Å². The number of amides is 1. The van der Waals surface area contributed by atoms with Crippen LogP contribution in [0, 0.1) is 18.7 Å². The van der Waals surface area contributed by atoms with Gasteiger partial charge in [-0.3, -0.25) is 4.79 Å². The number of aryl methyl sites for hydroxylation is 1. The second kappa shape index (κ2) is 8.35. The summed E-state index contributed by atoms with van der Waals surface area (Å²) in [4.78, 5) is 22.3. The number of benzene rings is 1. The van der Waals surface area contributed by atoms with E-state index in [0.717, 1.165) is 55.1 Å². The molecule has 0 aliphatic carbocycles. The first-order valence-electron chi connectivity index (χ1n) is 11.3. The summed E-state index contributed by atoms with van der Waals surface area (Å²) in [6.07, 6.45) is 5.90. The Labute approximate surface area is 192 Å². The van der Waals surface area contributed by atoms with E-state index < -0.39 is 5.82 Å². The molecule has 0 radical (unpaired) electrons. The Morgan fingerprint density at radius 3 is 2.81 bits per heavy atom. The van der Waals surface area contributed by atoms with Crippen molar-refractivity contribution in [1.29, 1.82) is 0 Å². The third-order valence-electron chi connectivity index (χ3n) is 6.61. The maximum absolute atomic E-state index is 13.8. The molecular formula is C24H27ClFN5O. The molecule has 2 aliphatic rings. The van der Waals surface area contributed by atoms with Crippen molar-refractivity contribution in [3.05, 3.63) is 58.1 Å². The Hall–Kier alpha value is -2.67. The van der Waals surface area contributed by atoms with Gasteiger partial charge >= 0.3 is 0 Å². The van der Waals surface area contributed by atoms with Gasteiger partial charge in [-0.1, -0.05) is 18.5 Å². The quantitative estimate of drug-likeness (QED) is 0.555. The molecule has 5 rings (SSSR count). The highest BCUT2D eigenvalue weighted by Gasteiger charge is 2.32. The maximum Gasteiger partial charge on any atom is 0.256 e. The molecule has 168 valence electrons. The standard InChI is InChI=1S/C24H27ClFN5O/c1-15-8-10-29(13-15)23-16(2)14-31-22(27-23)12-20(28-31)21-5-3-4-9-30(21)24(32)18-11-17(26)6-7-19(18)25/h6-7,11-12,14-15,21H,3-5,8-10,13H2,1-2H3. The smallest absolute Gasteiger partial charge is 0.256 e. The minimum Gasteiger partial charge on any atom is -0.356 e. The van der Waals surface area contributed by atoms with Gasteiger partial charge in [0.2, 0.25) is 0 Å². The van der Waals surface area contributed by atoms with Crippen molar-refractivity contribution in [1.82, 2.24) is 19.5 Å². The van der Waals surface area contributed by atoms with Crippen molar-refractivity contribution < 1.29 is 9.18 Å². The molecule has 2 aromatic heterocycles. The van der Waals surface area contributed by atoms with Gasteiger partial charge in [0.05, 0.1) is 22.3 Å². The van der Waals surface area contributed by atoms with Crippen molar-refractivity contribution in [2.75, 3.05) is 24.5 Å². The first kappa shape index (κ1) is 21.2. The first-order chi connectivity index (χ1) is 15.4. The van der Waals surface area contributed by atoms with Crippen LogP contribution in [0.15, 0.2) is 30.5 Å². The van der Waals surface area contributed by atoms with Crippen molar-refractivity contribution >= 4 is 29.0 Å². The molecular weight excluding hydrogens is 429 g/mol. The van der Waals surface area contributed by atoms with E-state index in [1.165, 1.54) is 24.6 Å². The number of likely N-dealkylation sites (tertiary alicyclic amines) is 1. The summed E-state index contributed by atoms with van der Waals surface area (Å²) < 4.78 is 15.6. The van der Waals surface area contributed by atoms with Crippen LogP contribution < -0.4 is 4.90 Å². The summed E-state index contributed by atoms with van der Waals surface area (Å²) >= 11 is 6.23. The summed E-state index contributed by atoms with van der Waals surface area (Å²) in [6.45, 7) is 6.96. The van der Waals surface area contributed by atoms with Gasteiger partial charge in [-0.15, -0.1) is 0 Å². The van der Waals surface area contributed by atoms with Gasteiger partial charge in [0, 0.05) is 37.5 Å². The van der Waals surface area contributed by atoms with Crippen molar-refractivity contribution in [3.63, 3.8) is 0 Å². The third-order valence-corrected chi connectivity index (χ3v) is 6.94. The zero-order valence-electron chi connectivity index (χ0n) is 18.4. The van der Waals surface area contributed by atoms with E-state index >= 15 is 0 Å². The monoisotopic (exact) mass is 455 g/mol. The lowest BCUT2D eigenvalue weighted by Gasteiger charge is -2.35. The summed E-state index contributed by atoms with van der Waals surface area (Å²) in [6, 6.07) is 5.70. The molecule has 0 N–H and O–H groups in total. The number of aromatic nitrogens is 3. The first-order valence-corrected chi connectivity index (χ1v) is 11.7. The number of nitrogens with zero attached hydrogens (tertiary/aromatic N) is 5. The van der Waals surface area contributed by atoms with Gasteiger partial charge in [0.25, 0.3) is 5.91 Å². The van der Waals surface area contributed by atoms with Crippen LogP contribution in [0.5, 0.6) is 0 Å². The molecule has 1 aromatic carbocycles. The van der Waals surface area contributed by atoms with E-state index in [0.29, 0.717) is 12.5 Å². The largest absolute Gasteiger partial charge is 0.356 e. The highest BCUT2D eigenvalue weighted by molar-refractivity contribution is 6.33. The molecule has 8 heteroatoms. The Balaban J connectivity index is 1.48. The van der Waals surface area contributed by atoms with Gasteiger partial charge in [-0.2, -0.15) is 5.10 Å². The van der Waals surface area contributed by atoms with E-state index in [2.05, 4.69) is 18.7 Å². The van der Waals surface area contributed by atoms with Crippen molar-refractivity contribution in [3.8, 4) is 0 Å². The zero-order chi connectivity index (χ0) is 22.4. The molecule has 6 nitrogen and oxygen atoms in total. The number of piperidine rings is 1. The van der Waals surface area contributed by atoms with Gasteiger partial charge in [-0.25, -0.2) is 13.9 Å². The predicted molar refractivity (Wildman–Crippen MR) is 123 cm³/mol. The Morgan fingerprint density at radius 2 is 2.03 bits per heavy atom. The number of fused-ring (bicyclic) bond motifs is 1. The number of halogens is 2. The lowest BCUT2D eigenvalue weighted by atomic mass is 9.98. The molecule has 2 atom stereocenters. The number of anilines is 1. The molecule has 3 aromatic rings. The van der Waals surface area contributed by atoms with Gasteiger partial charge in [0.1, 0.15) is 11.6 Å². The Kier molecular flexibility index (Phi) is 5.53. The number of carbonyl (C=O) groups excluding carboxylic acids is 1. The summed E-state index contributed by atoms with van der Waals surface area (Å²) in [5.74, 6) is 0.954. The zero-order valence-corrected chi connectivity index (χ0v) is 19.1. The number of carbonyl (C=O) groups is 1. The second-order valence-electron chi connectivity index (χ2n) is 9.09. The lowest BCUT2D eigenvalue weighted by molar-refractivity contribution is 0.0605. The molecule has 4 heterocycles. The average Bonchev–Trinajstić information content (AvgIpc) is 3.40. The molecule has 2 saturated heterocycles. The maximum atomic E-state index is 13.8. The van der Waals surface area contributed by atoms with Crippen LogP contribution in [0.25, 0.3) is 5.65 Å². The minimum atomic E-state index is -0.470. The van der Waals surface area contributed by atoms with E-state index in [9.17, 15) is 9.18 Å². The molecule has 32 heavy (non-hydrogen) atoms. The predicted octanol–water partition coefficient (Wildman–Crippen LogP) is 5.04. The topological polar surface area (TPSA) is 53.7 Å². The minimum absolute atomic E-state index is 0.187. The number of rotatable bonds is 3. The second-order valence-corrected chi connectivity index (χ2v) is 9.50. The van der Waals surface area contributed by atoms with Crippen molar-refractivity contribution in [2.45, 2.75) is 45.6 Å². The Morgan fingerprint density at radius 1 is 1.19 bits per heavy atom. The normalized spacial score (nSPS) is 21.5. The van der Waals surface area contributed by atoms with Crippen molar-refractivity contribution in [2.24, 2.45) is 5.92 Å². The average molecular weight is 456 g/mol. The molecule has 0 saturated carbocycles. The lowest BCUT2D eigenvalue weighted by Crippen LogP contribution is -2.38. The fourth-order valence-electron chi connectivity index (χ4n) is 4.93. The van der Waals surface area contributed by atoms with E-state index in [-0.39, 0.29) is 22.5 Å². The van der Waals surface area contributed by atoms with Gasteiger partial charge in [-0.05, 0) is 56.7 Å². The van der Waals surface area contributed by atoms with Crippen LogP contribution in [0.3, 0.4) is 0 Å². The van der Waals surface area contributed by atoms with Crippen LogP contribution in [0.4, 0.5) is 10.2 Å². The van der Waals surface area contributed by atoms with Gasteiger partial charge < -0.3 is 9.80 Å². The molecule has 2 fully saturated rings. The summed E-state index contributed by atoms with van der Waals surface area (Å²) in [5.41, 5.74) is 2.87. The molecule has 1 amide bonds. The SMILES string of the molecule is Cc1cn2nc(C3CCCCN3C(=O)c3cc(F)ccc3Cl)cc2nc1N1CCC(C)C1. The van der Waals surface area contributed by atoms with Crippen LogP contribution >= 0.6 is 11.6 Å². The molecule has 2 unspecified atom stereocenters. The highest BCUT2D eigenvalue weighted by Crippen LogP contribution is 2.34. The fourth-order valence-corrected chi connectivity index (χ4v) is 5.13. The highest BCUT2D eigenvalue weighted by atomic mass is 35.5. The van der Waals surface area contributed by atoms with Crippen LogP contribution in [0.2, 0.25) is 5.02 Å². The van der Waals surface area contributed by atoms with E-state index in [1.807, 2.05) is 12.3 Å². The molecule has 2 aliphatic heterocycles. The summed E-state index contributed by atoms with van der Waals surface area (Å²) in [5, 5.41) is 5.04. The van der Waals surface area contributed by atoms with Crippen LogP contribution in [0.1, 0.15) is 60.3 Å². The third kappa shape index (κ3) is 3.83. The molecule has 0 spiro atoms. The number of hydrogen-bond acceptors (Lipinski definition) is 4. The van der Waals surface area contributed by atoms with Crippen LogP contribution in [-0.2, 0) is 0 Å². The fraction of sp³-hybridized carbons (Fsp3) is 0.458. The van der Waals surface area contributed by atoms with Gasteiger partial charge in [0.15, 0.2) is 5.65 Å². The Bertz CT molecular complexity index is 1180. The summed E-state index contributed by atoms with van der Waals surface area (Å²) in [7, 11) is 0. The number of hydrogen-bond donors (Lipinski definition) is 0. The molecule has 0 bridgehead atoms. The van der Waals surface area contributed by atoms with Crippen LogP contribution in [-0.4, -0.2) is 45.0 Å². The van der Waals surface area contributed by atoms with E-state index in [1.54, 1.807) is 9.42 Å².